The number of rotatable bonds is 23. The number of hydrazine groups is 1. The molecule has 3 rings (SSSR count). The third kappa shape index (κ3) is 14.0. The van der Waals surface area contributed by atoms with Crippen molar-refractivity contribution in [3.63, 3.8) is 0 Å². The summed E-state index contributed by atoms with van der Waals surface area (Å²) in [7, 11) is 1.92. The molecule has 2 amide bonds. The number of carboxylic acid groups (broad SMARTS) is 1. The van der Waals surface area contributed by atoms with E-state index in [1.54, 1.807) is 19.2 Å². The van der Waals surface area contributed by atoms with Gasteiger partial charge in [0.2, 0.25) is 0 Å². The topological polar surface area (TPSA) is 161 Å². The van der Waals surface area contributed by atoms with Gasteiger partial charge in [0.1, 0.15) is 15.6 Å². The number of aliphatic carboxylic acids is 1. The molecule has 1 fully saturated rings. The SMILES string of the molecule is C#CCCCCN(C(=O)[C@H](CCC)N[N+](=O)[C@H]1CCCCN1C)[C@H](C[C@@H](OC(C)=O)c1nc(C(=O)N[C@@H](Cc2ccccc2)CC(C)(C)C(=O)O)cs1)C(C)C. The zero-order chi connectivity index (χ0) is 41.4. The lowest BCUT2D eigenvalue weighted by molar-refractivity contribution is -0.666. The number of likely N-dealkylation sites (tertiary alicyclic amines) is 1. The lowest BCUT2D eigenvalue weighted by Gasteiger charge is -2.38. The van der Waals surface area contributed by atoms with Gasteiger partial charge in [0.05, 0.1) is 10.3 Å². The fourth-order valence-electron chi connectivity index (χ4n) is 7.23. The summed E-state index contributed by atoms with van der Waals surface area (Å²) in [6.07, 6.45) is 10.8. The van der Waals surface area contributed by atoms with E-state index in [0.29, 0.717) is 56.5 Å². The number of hydrogen-bond acceptors (Lipinski definition) is 9. The van der Waals surface area contributed by atoms with Crippen LogP contribution in [0.2, 0.25) is 0 Å². The summed E-state index contributed by atoms with van der Waals surface area (Å²) in [6, 6.07) is 7.85. The number of aromatic nitrogens is 1. The Balaban J connectivity index is 1.91. The van der Waals surface area contributed by atoms with E-state index in [-0.39, 0.29) is 36.5 Å². The third-order valence-corrected chi connectivity index (χ3v) is 11.3. The summed E-state index contributed by atoms with van der Waals surface area (Å²) < 4.78 is 5.87. The Morgan fingerprint density at radius 1 is 1.18 bits per heavy atom. The molecule has 1 aliphatic rings. The van der Waals surface area contributed by atoms with Crippen LogP contribution in [0.4, 0.5) is 0 Å². The molecule has 3 N–H and O–H groups in total. The van der Waals surface area contributed by atoms with Gasteiger partial charge in [0.25, 0.3) is 18.0 Å². The van der Waals surface area contributed by atoms with Gasteiger partial charge in [-0.15, -0.1) is 29.1 Å². The van der Waals surface area contributed by atoms with Gasteiger partial charge in [-0.3, -0.25) is 19.2 Å². The predicted octanol–water partition coefficient (Wildman–Crippen LogP) is 6.53. The zero-order valence-electron chi connectivity index (χ0n) is 34.3. The maximum Gasteiger partial charge on any atom is 0.309 e. The van der Waals surface area contributed by atoms with Gasteiger partial charge in [0, 0.05) is 56.7 Å². The number of carbonyl (C=O) groups excluding carboxylic acids is 3. The van der Waals surface area contributed by atoms with E-state index in [4.69, 9.17) is 11.2 Å². The minimum Gasteiger partial charge on any atom is -0.481 e. The third-order valence-electron chi connectivity index (χ3n) is 10.4. The lowest BCUT2D eigenvalue weighted by atomic mass is 9.84. The first-order valence-corrected chi connectivity index (χ1v) is 20.8. The van der Waals surface area contributed by atoms with Crippen LogP contribution in [0, 0.1) is 28.6 Å². The van der Waals surface area contributed by atoms with Crippen LogP contribution in [-0.4, -0.2) is 92.9 Å². The Bertz CT molecular complexity index is 1640. The van der Waals surface area contributed by atoms with E-state index < -0.39 is 47.5 Å². The summed E-state index contributed by atoms with van der Waals surface area (Å²) in [5, 5.41) is 14.8. The number of nitrogens with one attached hydrogen (secondary N) is 2. The smallest absolute Gasteiger partial charge is 0.309 e. The number of amides is 2. The summed E-state index contributed by atoms with van der Waals surface area (Å²) in [5.41, 5.74) is 2.99. The number of carbonyl (C=O) groups is 4. The van der Waals surface area contributed by atoms with Crippen molar-refractivity contribution in [1.29, 1.82) is 0 Å². The van der Waals surface area contributed by atoms with Gasteiger partial charge in [-0.2, -0.15) is 0 Å². The van der Waals surface area contributed by atoms with Crippen LogP contribution in [-0.2, 0) is 25.5 Å². The standard InChI is InChI=1S/C42H62N6O7S/c1-9-11-12-17-24-47(40(51)33(19-10-2)45-48(54)37-22-16-18-23-46(37)8)35(29(3)4)26-36(55-30(5)49)39-44-34(28-56-39)38(50)43-32(27-42(6,7)41(52)53)25-31-20-14-13-15-21-31/h1,13-15,20-21,28-29,32-33,35-37H,10-12,16-19,22-27H2,2-8H3,(H2-,43,45,50,52,53,54)/p+1/t32-,33-,35+,36+,37-/m0/s1. The number of terminal acetylenes is 1. The van der Waals surface area contributed by atoms with Gasteiger partial charge in [-0.05, 0) is 77.3 Å². The molecule has 0 aliphatic carbocycles. The van der Waals surface area contributed by atoms with Crippen LogP contribution in [0.3, 0.4) is 0 Å². The van der Waals surface area contributed by atoms with E-state index in [9.17, 15) is 29.2 Å². The average Bonchev–Trinajstić information content (AvgIpc) is 3.64. The highest BCUT2D eigenvalue weighted by atomic mass is 32.1. The highest BCUT2D eigenvalue weighted by Gasteiger charge is 2.40. The maximum atomic E-state index is 14.6. The van der Waals surface area contributed by atoms with Crippen molar-refractivity contribution >= 4 is 35.1 Å². The average molecular weight is 796 g/mol. The normalized spacial score (nSPS) is 16.9. The van der Waals surface area contributed by atoms with Gasteiger partial charge in [0.15, 0.2) is 12.1 Å². The van der Waals surface area contributed by atoms with Gasteiger partial charge < -0.3 is 20.1 Å². The summed E-state index contributed by atoms with van der Waals surface area (Å²) in [5.74, 6) is 0.404. The minimum atomic E-state index is -1.10. The molecule has 56 heavy (non-hydrogen) atoms. The van der Waals surface area contributed by atoms with Crippen LogP contribution < -0.4 is 10.7 Å². The van der Waals surface area contributed by atoms with Crippen molar-refractivity contribution in [3.8, 4) is 12.3 Å². The molecule has 1 aromatic heterocycles. The number of esters is 1. The molecular weight excluding hydrogens is 733 g/mol. The molecule has 5 atom stereocenters. The van der Waals surface area contributed by atoms with E-state index in [1.807, 2.05) is 68.0 Å². The van der Waals surface area contributed by atoms with Gasteiger partial charge in [-0.1, -0.05) is 57.5 Å². The van der Waals surface area contributed by atoms with E-state index in [2.05, 4.69) is 21.6 Å². The van der Waals surface area contributed by atoms with Gasteiger partial charge >= 0.3 is 11.9 Å². The molecule has 0 radical (unpaired) electrons. The van der Waals surface area contributed by atoms with Crippen molar-refractivity contribution in [2.24, 2.45) is 11.3 Å². The van der Waals surface area contributed by atoms with Crippen molar-refractivity contribution in [2.75, 3.05) is 20.1 Å². The molecule has 1 aromatic carbocycles. The largest absolute Gasteiger partial charge is 0.481 e. The van der Waals surface area contributed by atoms with Crippen LogP contribution >= 0.6 is 11.3 Å². The number of benzene rings is 1. The Morgan fingerprint density at radius 3 is 2.50 bits per heavy atom. The van der Waals surface area contributed by atoms with Crippen LogP contribution in [0.5, 0.6) is 0 Å². The molecule has 308 valence electrons. The maximum absolute atomic E-state index is 14.6. The molecule has 1 aliphatic heterocycles. The molecule has 0 unspecified atom stereocenters. The number of ether oxygens (including phenoxy) is 1. The number of carboxylic acids is 1. The molecule has 14 heteroatoms. The fraction of sp³-hybridized carbons (Fsp3) is 0.643. The minimum absolute atomic E-state index is 0.0844. The van der Waals surface area contributed by atoms with Crippen LogP contribution in [0.15, 0.2) is 35.7 Å². The summed E-state index contributed by atoms with van der Waals surface area (Å²) in [4.78, 5) is 75.6. The summed E-state index contributed by atoms with van der Waals surface area (Å²) in [6.45, 7) is 11.8. The highest BCUT2D eigenvalue weighted by Crippen LogP contribution is 2.32. The van der Waals surface area contributed by atoms with E-state index >= 15 is 0 Å². The van der Waals surface area contributed by atoms with Gasteiger partial charge in [-0.25, -0.2) is 9.88 Å². The molecule has 0 bridgehead atoms. The first kappa shape index (κ1) is 46.0. The molecule has 13 nitrogen and oxygen atoms in total. The quantitative estimate of drug-likeness (QED) is 0.0371. The number of hydrogen-bond donors (Lipinski definition) is 3. The van der Waals surface area contributed by atoms with E-state index in [0.717, 1.165) is 29.8 Å². The Labute approximate surface area is 336 Å². The molecule has 2 heterocycles. The van der Waals surface area contributed by atoms with Crippen molar-refractivity contribution in [2.45, 2.75) is 143 Å². The fourth-order valence-corrected chi connectivity index (χ4v) is 8.07. The van der Waals surface area contributed by atoms with Crippen molar-refractivity contribution in [3.05, 3.63) is 56.9 Å². The number of piperidine rings is 1. The first-order chi connectivity index (χ1) is 26.6. The number of unbranched alkanes of at least 4 members (excludes halogenated alkanes) is 2. The molecular formula is C42H63N6O7S+. The number of thiazole rings is 1. The monoisotopic (exact) mass is 795 g/mol. The second kappa shape index (κ2) is 22.4. The second-order valence-corrected chi connectivity index (χ2v) is 16.8. The molecule has 0 spiro atoms. The Hall–Kier alpha value is -4.35. The Kier molecular flexibility index (Phi) is 18.4. The molecule has 2 aromatic rings. The highest BCUT2D eigenvalue weighted by molar-refractivity contribution is 7.09. The first-order valence-electron chi connectivity index (χ1n) is 19.9. The summed E-state index contributed by atoms with van der Waals surface area (Å²) >= 11 is 1.18. The van der Waals surface area contributed by atoms with Crippen molar-refractivity contribution < 1.29 is 33.9 Å². The lowest BCUT2D eigenvalue weighted by Crippen LogP contribution is -2.57. The molecule has 1 saturated heterocycles. The number of nitrogens with zero attached hydrogens (tertiary/aromatic N) is 4. The second-order valence-electron chi connectivity index (χ2n) is 15.9. The van der Waals surface area contributed by atoms with Crippen LogP contribution in [0.1, 0.15) is 133 Å². The Morgan fingerprint density at radius 2 is 1.89 bits per heavy atom. The zero-order valence-corrected chi connectivity index (χ0v) is 35.1. The van der Waals surface area contributed by atoms with Crippen molar-refractivity contribution in [1.82, 2.24) is 25.5 Å². The number of nitroso groups, excluding NO2 is 1. The van der Waals surface area contributed by atoms with Crippen LogP contribution in [0.25, 0.3) is 0 Å². The predicted molar refractivity (Wildman–Crippen MR) is 217 cm³/mol. The molecule has 0 saturated carbocycles. The van der Waals surface area contributed by atoms with E-state index in [1.165, 1.54) is 18.3 Å².